The molecule has 0 aliphatic heterocycles. The van der Waals surface area contributed by atoms with Crippen molar-refractivity contribution in [1.29, 1.82) is 0 Å². The van der Waals surface area contributed by atoms with Crippen LogP contribution in [0.2, 0.25) is 0 Å². The predicted octanol–water partition coefficient (Wildman–Crippen LogP) is 4.24. The summed E-state index contributed by atoms with van der Waals surface area (Å²) in [5, 5.41) is 0. The average molecular weight is 330 g/mol. The molecule has 4 heteroatoms. The monoisotopic (exact) mass is 330 g/mol. The van der Waals surface area contributed by atoms with E-state index in [1.165, 1.54) is 6.07 Å². The minimum atomic E-state index is -0.653. The van der Waals surface area contributed by atoms with Gasteiger partial charge in [-0.3, -0.25) is 0 Å². The van der Waals surface area contributed by atoms with Gasteiger partial charge in [0.1, 0.15) is 0 Å². The fourth-order valence-corrected chi connectivity index (χ4v) is 2.27. The zero-order valence-corrected chi connectivity index (χ0v) is 14.7. The lowest BCUT2D eigenvalue weighted by molar-refractivity contribution is 0.0385. The maximum absolute atomic E-state index is 12.3. The van der Waals surface area contributed by atoms with Crippen LogP contribution in [-0.4, -0.2) is 24.6 Å². The van der Waals surface area contributed by atoms with E-state index in [9.17, 15) is 9.59 Å². The first kappa shape index (κ1) is 19.8. The summed E-state index contributed by atoms with van der Waals surface area (Å²) in [6.07, 6.45) is 8.78. The third kappa shape index (κ3) is 6.08. The summed E-state index contributed by atoms with van der Waals surface area (Å²) >= 11 is 0. The normalized spacial score (nSPS) is 12.8. The number of benzene rings is 1. The lowest BCUT2D eigenvalue weighted by Gasteiger charge is -2.15. The molecule has 1 aromatic rings. The van der Waals surface area contributed by atoms with Crippen molar-refractivity contribution in [3.05, 3.63) is 35.4 Å². The Morgan fingerprint density at radius 1 is 1.17 bits per heavy atom. The Hall–Kier alpha value is -2.28. The Balaban J connectivity index is 2.77. The SMILES string of the molecule is C#CC(C)OC(=O)c1ccccc1C(=O)OCC(CC)CCCC. The maximum Gasteiger partial charge on any atom is 0.340 e. The molecule has 1 rings (SSSR count). The maximum atomic E-state index is 12.3. The van der Waals surface area contributed by atoms with Gasteiger partial charge in [-0.1, -0.05) is 51.2 Å². The Labute approximate surface area is 144 Å². The fraction of sp³-hybridized carbons (Fsp3) is 0.500. The van der Waals surface area contributed by atoms with Crippen molar-refractivity contribution in [1.82, 2.24) is 0 Å². The minimum Gasteiger partial charge on any atom is -0.462 e. The molecule has 24 heavy (non-hydrogen) atoms. The highest BCUT2D eigenvalue weighted by atomic mass is 16.5. The second-order valence-corrected chi connectivity index (χ2v) is 5.77. The van der Waals surface area contributed by atoms with Crippen molar-refractivity contribution < 1.29 is 19.1 Å². The van der Waals surface area contributed by atoms with Crippen molar-refractivity contribution in [2.24, 2.45) is 5.92 Å². The molecule has 2 unspecified atom stereocenters. The first-order chi connectivity index (χ1) is 11.5. The van der Waals surface area contributed by atoms with Gasteiger partial charge in [-0.05, 0) is 31.4 Å². The molecular formula is C20H26O4. The van der Waals surface area contributed by atoms with E-state index in [2.05, 4.69) is 19.8 Å². The number of terminal acetylenes is 1. The van der Waals surface area contributed by atoms with Crippen molar-refractivity contribution in [2.45, 2.75) is 52.6 Å². The van der Waals surface area contributed by atoms with Gasteiger partial charge in [0.15, 0.2) is 6.10 Å². The summed E-state index contributed by atoms with van der Waals surface area (Å²) in [4.78, 5) is 24.5. The van der Waals surface area contributed by atoms with Gasteiger partial charge >= 0.3 is 11.9 Å². The molecule has 0 saturated heterocycles. The van der Waals surface area contributed by atoms with Crippen LogP contribution in [0.15, 0.2) is 24.3 Å². The van der Waals surface area contributed by atoms with Gasteiger partial charge in [0, 0.05) is 0 Å². The third-order valence-electron chi connectivity index (χ3n) is 3.88. The molecule has 4 nitrogen and oxygen atoms in total. The highest BCUT2D eigenvalue weighted by Gasteiger charge is 2.21. The van der Waals surface area contributed by atoms with Crippen molar-refractivity contribution in [3.8, 4) is 12.3 Å². The molecule has 0 bridgehead atoms. The van der Waals surface area contributed by atoms with Crippen LogP contribution in [0.3, 0.4) is 0 Å². The minimum absolute atomic E-state index is 0.172. The number of rotatable bonds is 9. The molecule has 0 fully saturated rings. The summed E-state index contributed by atoms with van der Waals surface area (Å²) in [5.41, 5.74) is 0.378. The van der Waals surface area contributed by atoms with Gasteiger partial charge in [-0.25, -0.2) is 9.59 Å². The van der Waals surface area contributed by atoms with Crippen LogP contribution in [0.1, 0.15) is 67.2 Å². The summed E-state index contributed by atoms with van der Waals surface area (Å²) in [6.45, 7) is 6.18. The van der Waals surface area contributed by atoms with E-state index < -0.39 is 18.0 Å². The predicted molar refractivity (Wildman–Crippen MR) is 93.7 cm³/mol. The van der Waals surface area contributed by atoms with E-state index in [-0.39, 0.29) is 11.1 Å². The van der Waals surface area contributed by atoms with Crippen molar-refractivity contribution in [3.63, 3.8) is 0 Å². The van der Waals surface area contributed by atoms with E-state index >= 15 is 0 Å². The Kier molecular flexibility index (Phi) is 8.64. The molecule has 0 N–H and O–H groups in total. The molecule has 0 heterocycles. The quantitative estimate of drug-likeness (QED) is 0.502. The van der Waals surface area contributed by atoms with Crippen molar-refractivity contribution in [2.75, 3.05) is 6.61 Å². The number of carbonyl (C=O) groups is 2. The third-order valence-corrected chi connectivity index (χ3v) is 3.88. The Morgan fingerprint density at radius 2 is 1.79 bits per heavy atom. The van der Waals surface area contributed by atoms with Gasteiger partial charge in [0.2, 0.25) is 0 Å². The number of hydrogen-bond acceptors (Lipinski definition) is 4. The van der Waals surface area contributed by atoms with Gasteiger partial charge < -0.3 is 9.47 Å². The highest BCUT2D eigenvalue weighted by molar-refractivity contribution is 6.03. The molecule has 0 radical (unpaired) electrons. The second-order valence-electron chi connectivity index (χ2n) is 5.77. The molecule has 1 aromatic carbocycles. The largest absolute Gasteiger partial charge is 0.462 e. The van der Waals surface area contributed by atoms with E-state index in [0.29, 0.717) is 12.5 Å². The van der Waals surface area contributed by atoms with Crippen LogP contribution in [0.5, 0.6) is 0 Å². The molecular weight excluding hydrogens is 304 g/mol. The van der Waals surface area contributed by atoms with Crippen LogP contribution >= 0.6 is 0 Å². The first-order valence-electron chi connectivity index (χ1n) is 8.46. The Bertz CT molecular complexity index is 586. The summed E-state index contributed by atoms with van der Waals surface area (Å²) in [5.74, 6) is 1.54. The van der Waals surface area contributed by atoms with Gasteiger partial charge in [-0.2, -0.15) is 0 Å². The van der Waals surface area contributed by atoms with Gasteiger partial charge in [0.25, 0.3) is 0 Å². The van der Waals surface area contributed by atoms with Crippen molar-refractivity contribution >= 4 is 11.9 Å². The van der Waals surface area contributed by atoms with Crippen LogP contribution in [-0.2, 0) is 9.47 Å². The number of esters is 2. The highest BCUT2D eigenvalue weighted by Crippen LogP contribution is 2.16. The number of hydrogen-bond donors (Lipinski definition) is 0. The van der Waals surface area contributed by atoms with E-state index in [0.717, 1.165) is 25.7 Å². The number of unbranched alkanes of at least 4 members (excludes halogenated alkanes) is 1. The van der Waals surface area contributed by atoms with Crippen LogP contribution in [0, 0.1) is 18.3 Å². The van der Waals surface area contributed by atoms with E-state index in [1.54, 1.807) is 25.1 Å². The fourth-order valence-electron chi connectivity index (χ4n) is 2.27. The second kappa shape index (κ2) is 10.5. The summed E-state index contributed by atoms with van der Waals surface area (Å²) in [6, 6.07) is 6.46. The number of ether oxygens (including phenoxy) is 2. The molecule has 0 aliphatic rings. The van der Waals surface area contributed by atoms with Gasteiger partial charge in [0.05, 0.1) is 17.7 Å². The zero-order chi connectivity index (χ0) is 17.9. The number of carbonyl (C=O) groups excluding carboxylic acids is 2. The molecule has 0 saturated carbocycles. The molecule has 0 spiro atoms. The average Bonchev–Trinajstić information content (AvgIpc) is 2.61. The summed E-state index contributed by atoms with van der Waals surface area (Å²) in [7, 11) is 0. The zero-order valence-electron chi connectivity index (χ0n) is 14.7. The lowest BCUT2D eigenvalue weighted by Crippen LogP contribution is -2.19. The topological polar surface area (TPSA) is 52.6 Å². The molecule has 0 aliphatic carbocycles. The lowest BCUT2D eigenvalue weighted by atomic mass is 10.0. The smallest absolute Gasteiger partial charge is 0.340 e. The molecule has 2 atom stereocenters. The summed E-state index contributed by atoms with van der Waals surface area (Å²) < 4.78 is 10.5. The first-order valence-corrected chi connectivity index (χ1v) is 8.46. The van der Waals surface area contributed by atoms with Crippen LogP contribution in [0.25, 0.3) is 0 Å². The van der Waals surface area contributed by atoms with E-state index in [1.807, 2.05) is 0 Å². The molecule has 130 valence electrons. The van der Waals surface area contributed by atoms with Gasteiger partial charge in [-0.15, -0.1) is 6.42 Å². The van der Waals surface area contributed by atoms with E-state index in [4.69, 9.17) is 15.9 Å². The molecule has 0 amide bonds. The van der Waals surface area contributed by atoms with Crippen LogP contribution in [0.4, 0.5) is 0 Å². The Morgan fingerprint density at radius 3 is 2.33 bits per heavy atom. The standard InChI is InChI=1S/C20H26O4/c1-5-8-11-16(7-3)14-23-19(21)17-12-9-10-13-18(17)20(22)24-15(4)6-2/h2,9-10,12-13,15-16H,5,7-8,11,14H2,1,3-4H3. The molecule has 0 aromatic heterocycles. The van der Waals surface area contributed by atoms with Crippen LogP contribution < -0.4 is 0 Å².